The fourth-order valence-electron chi connectivity index (χ4n) is 5.47. The molecule has 6 rings (SSSR count). The zero-order valence-corrected chi connectivity index (χ0v) is 29.2. The van der Waals surface area contributed by atoms with Crippen molar-refractivity contribution in [1.29, 1.82) is 0 Å². The van der Waals surface area contributed by atoms with E-state index in [0.717, 1.165) is 12.0 Å². The molecule has 0 bridgehead atoms. The lowest BCUT2D eigenvalue weighted by atomic mass is 9.96. The first-order valence-corrected chi connectivity index (χ1v) is 17.7. The van der Waals surface area contributed by atoms with Crippen LogP contribution in [0.3, 0.4) is 0 Å². The van der Waals surface area contributed by atoms with Crippen LogP contribution in [-0.2, 0) is 15.3 Å². The molecule has 1 unspecified atom stereocenters. The molecule has 1 saturated heterocycles. The topological polar surface area (TPSA) is 119 Å². The fraction of sp³-hybridized carbons (Fsp3) is 0.286. The second-order valence-corrected chi connectivity index (χ2v) is 14.1. The highest BCUT2D eigenvalue weighted by Crippen LogP contribution is 2.46. The van der Waals surface area contributed by atoms with Crippen LogP contribution < -0.4 is 14.4 Å². The number of rotatable bonds is 12. The van der Waals surface area contributed by atoms with E-state index in [1.54, 1.807) is 47.9 Å². The van der Waals surface area contributed by atoms with Gasteiger partial charge in [-0.15, -0.1) is 10.2 Å². The number of aliphatic hydroxyl groups excluding tert-OH is 1. The summed E-state index contributed by atoms with van der Waals surface area (Å²) in [6.45, 7) is 8.73. The molecule has 5 aromatic rings. The zero-order chi connectivity index (χ0) is 33.9. The van der Waals surface area contributed by atoms with Crippen LogP contribution in [0.5, 0.6) is 11.5 Å². The molecule has 10 nitrogen and oxygen atoms in total. The molecule has 13 heteroatoms. The third-order valence-electron chi connectivity index (χ3n) is 7.82. The average molecular weight is 704 g/mol. The van der Waals surface area contributed by atoms with Crippen molar-refractivity contribution in [1.82, 2.24) is 19.6 Å². The summed E-state index contributed by atoms with van der Waals surface area (Å²) in [5.74, 6) is -0.0124. The molecule has 0 spiro atoms. The van der Waals surface area contributed by atoms with Crippen molar-refractivity contribution in [3.63, 3.8) is 0 Å². The minimum absolute atomic E-state index is 0.0925. The molecule has 1 aliphatic rings. The summed E-state index contributed by atoms with van der Waals surface area (Å²) in [4.78, 5) is 33.7. The number of aromatic nitrogens is 4. The van der Waals surface area contributed by atoms with Gasteiger partial charge in [-0.2, -0.15) is 0 Å². The van der Waals surface area contributed by atoms with Crippen LogP contribution >= 0.6 is 34.7 Å². The van der Waals surface area contributed by atoms with Gasteiger partial charge in [-0.05, 0) is 67.6 Å². The second-order valence-electron chi connectivity index (χ2n) is 11.5. The second kappa shape index (κ2) is 14.4. The number of aryl methyl sites for hydroxylation is 1. The van der Waals surface area contributed by atoms with Gasteiger partial charge in [0.15, 0.2) is 21.6 Å². The standard InChI is InChI=1S/C35H34ClN5O5S2/c1-5-45-26-18-22(13-14-25(26)46-17-15-20(2)3)30-28(31(42)29-21(4)37-27-12-8-9-16-40(27)29)32(43)33(44)41(30)34-38-39-35(48-34)47-19-23-10-6-7-11-24(23)36/h6-14,16,18,20,30,42H,5,15,17,19H2,1-4H3. The first-order valence-electron chi connectivity index (χ1n) is 15.5. The van der Waals surface area contributed by atoms with Crippen molar-refractivity contribution in [2.75, 3.05) is 18.1 Å². The van der Waals surface area contributed by atoms with Crippen LogP contribution in [0.1, 0.15) is 55.7 Å². The zero-order valence-electron chi connectivity index (χ0n) is 26.8. The van der Waals surface area contributed by atoms with E-state index < -0.39 is 17.7 Å². The maximum absolute atomic E-state index is 13.9. The molecule has 1 amide bonds. The summed E-state index contributed by atoms with van der Waals surface area (Å²) in [6.07, 6.45) is 2.61. The van der Waals surface area contributed by atoms with Gasteiger partial charge in [-0.25, -0.2) is 4.98 Å². The first kappa shape index (κ1) is 33.5. The Kier molecular flexibility index (Phi) is 10.0. The van der Waals surface area contributed by atoms with E-state index in [0.29, 0.717) is 68.3 Å². The SMILES string of the molecule is CCOc1cc(C2C(=C(O)c3c(C)nc4ccccn34)C(=O)C(=O)N2c2nnc(SCc3ccccc3Cl)s2)ccc1OCCC(C)C. The van der Waals surface area contributed by atoms with Gasteiger partial charge in [-0.1, -0.05) is 78.9 Å². The van der Waals surface area contributed by atoms with Crippen LogP contribution in [0, 0.1) is 12.8 Å². The van der Waals surface area contributed by atoms with Crippen molar-refractivity contribution < 1.29 is 24.2 Å². The predicted octanol–water partition coefficient (Wildman–Crippen LogP) is 7.89. The molecule has 1 fully saturated rings. The highest BCUT2D eigenvalue weighted by atomic mass is 35.5. The number of ketones is 1. The fourth-order valence-corrected chi connectivity index (χ4v) is 7.62. The van der Waals surface area contributed by atoms with Gasteiger partial charge in [0.05, 0.1) is 30.5 Å². The Balaban J connectivity index is 1.45. The van der Waals surface area contributed by atoms with E-state index in [2.05, 4.69) is 29.0 Å². The van der Waals surface area contributed by atoms with Crippen LogP contribution in [0.4, 0.5) is 5.13 Å². The lowest BCUT2D eigenvalue weighted by Crippen LogP contribution is -2.29. The minimum Gasteiger partial charge on any atom is -0.505 e. The third-order valence-corrected chi connectivity index (χ3v) is 10.3. The number of nitrogens with zero attached hydrogens (tertiary/aromatic N) is 5. The molecule has 4 heterocycles. The maximum atomic E-state index is 13.9. The number of carbonyl (C=O) groups excluding carboxylic acids is 2. The number of imidazole rings is 1. The Morgan fingerprint density at radius 2 is 1.85 bits per heavy atom. The monoisotopic (exact) mass is 703 g/mol. The highest BCUT2D eigenvalue weighted by molar-refractivity contribution is 8.00. The number of halogens is 1. The minimum atomic E-state index is -1.04. The predicted molar refractivity (Wildman–Crippen MR) is 188 cm³/mol. The lowest BCUT2D eigenvalue weighted by molar-refractivity contribution is -0.132. The number of hydrogen-bond donors (Lipinski definition) is 1. The maximum Gasteiger partial charge on any atom is 0.301 e. The molecule has 248 valence electrons. The van der Waals surface area contributed by atoms with Crippen molar-refractivity contribution in [2.24, 2.45) is 5.92 Å². The average Bonchev–Trinajstić information content (AvgIpc) is 3.74. The van der Waals surface area contributed by atoms with Gasteiger partial charge >= 0.3 is 5.91 Å². The Morgan fingerprint density at radius 3 is 2.62 bits per heavy atom. The number of fused-ring (bicyclic) bond motifs is 1. The molecule has 0 radical (unpaired) electrons. The Morgan fingerprint density at radius 1 is 1.06 bits per heavy atom. The van der Waals surface area contributed by atoms with E-state index in [1.807, 2.05) is 37.3 Å². The normalized spacial score (nSPS) is 16.0. The highest BCUT2D eigenvalue weighted by Gasteiger charge is 2.49. The smallest absolute Gasteiger partial charge is 0.301 e. The number of pyridine rings is 1. The van der Waals surface area contributed by atoms with Crippen LogP contribution in [0.15, 0.2) is 76.8 Å². The quantitative estimate of drug-likeness (QED) is 0.0455. The third kappa shape index (κ3) is 6.65. The molecular weight excluding hydrogens is 670 g/mol. The van der Waals surface area contributed by atoms with Gasteiger partial charge in [0.2, 0.25) is 5.13 Å². The summed E-state index contributed by atoms with van der Waals surface area (Å²) < 4.78 is 14.3. The first-order chi connectivity index (χ1) is 23.2. The molecular formula is C35H34ClN5O5S2. The summed E-state index contributed by atoms with van der Waals surface area (Å²) in [7, 11) is 0. The van der Waals surface area contributed by atoms with Gasteiger partial charge in [0.1, 0.15) is 11.3 Å². The molecule has 2 aromatic carbocycles. The van der Waals surface area contributed by atoms with E-state index in [4.69, 9.17) is 21.1 Å². The summed E-state index contributed by atoms with van der Waals surface area (Å²) in [6, 6.07) is 17.2. The lowest BCUT2D eigenvalue weighted by Gasteiger charge is -2.24. The van der Waals surface area contributed by atoms with Crippen molar-refractivity contribution in [3.8, 4) is 11.5 Å². The molecule has 0 aliphatic carbocycles. The van der Waals surface area contributed by atoms with Crippen molar-refractivity contribution in [3.05, 3.63) is 100.0 Å². The number of Topliss-reactive ketones (excluding diaryl/α,β-unsaturated/α-hetero) is 1. The number of aliphatic hydroxyl groups is 1. The van der Waals surface area contributed by atoms with Gasteiger partial charge in [-0.3, -0.25) is 18.9 Å². The molecule has 1 aliphatic heterocycles. The van der Waals surface area contributed by atoms with Crippen molar-refractivity contribution >= 4 is 62.9 Å². The van der Waals surface area contributed by atoms with Gasteiger partial charge in [0.25, 0.3) is 5.78 Å². The Hall–Kier alpha value is -4.39. The number of carbonyl (C=O) groups is 2. The molecule has 1 atom stereocenters. The molecule has 0 saturated carbocycles. The van der Waals surface area contributed by atoms with E-state index in [1.165, 1.54) is 28.0 Å². The van der Waals surface area contributed by atoms with Crippen LogP contribution in [-0.4, -0.2) is 49.6 Å². The van der Waals surface area contributed by atoms with Crippen LogP contribution in [0.2, 0.25) is 5.02 Å². The van der Waals surface area contributed by atoms with Crippen LogP contribution in [0.25, 0.3) is 11.4 Å². The molecule has 3 aromatic heterocycles. The van der Waals surface area contributed by atoms with Crippen molar-refractivity contribution in [2.45, 2.75) is 50.3 Å². The van der Waals surface area contributed by atoms with E-state index >= 15 is 0 Å². The van der Waals surface area contributed by atoms with E-state index in [9.17, 15) is 14.7 Å². The number of benzene rings is 2. The number of hydrogen-bond acceptors (Lipinski definition) is 10. The van der Waals surface area contributed by atoms with Gasteiger partial charge < -0.3 is 14.6 Å². The molecule has 48 heavy (non-hydrogen) atoms. The number of amides is 1. The number of ether oxygens (including phenoxy) is 2. The van der Waals surface area contributed by atoms with Gasteiger partial charge in [0, 0.05) is 17.0 Å². The summed E-state index contributed by atoms with van der Waals surface area (Å²) in [5, 5.41) is 21.4. The Bertz CT molecular complexity index is 2020. The summed E-state index contributed by atoms with van der Waals surface area (Å²) >= 11 is 8.96. The number of thioether (sulfide) groups is 1. The van der Waals surface area contributed by atoms with E-state index in [-0.39, 0.29) is 16.5 Å². The molecule has 1 N–H and O–H groups in total. The Labute approximate surface area is 291 Å². The number of anilines is 1. The summed E-state index contributed by atoms with van der Waals surface area (Å²) in [5.41, 5.74) is 2.78. The largest absolute Gasteiger partial charge is 0.505 e.